The number of thiazole rings is 1. The van der Waals surface area contributed by atoms with Gasteiger partial charge in [-0.15, -0.1) is 11.3 Å². The Morgan fingerprint density at radius 2 is 2.16 bits per heavy atom. The van der Waals surface area contributed by atoms with Gasteiger partial charge in [0.15, 0.2) is 4.80 Å². The van der Waals surface area contributed by atoms with Crippen LogP contribution in [0.1, 0.15) is 55.3 Å². The number of aromatic nitrogens is 1. The maximum Gasteiger partial charge on any atom is 0.283 e. The third-order valence-corrected chi connectivity index (χ3v) is 7.12. The summed E-state index contributed by atoms with van der Waals surface area (Å²) >= 11 is 7.74. The lowest BCUT2D eigenvalue weighted by Crippen LogP contribution is -2.24. The van der Waals surface area contributed by atoms with Crippen molar-refractivity contribution in [1.29, 1.82) is 0 Å². The molecule has 0 N–H and O–H groups in total. The van der Waals surface area contributed by atoms with Gasteiger partial charge in [0.25, 0.3) is 5.91 Å². The number of benzene rings is 1. The highest BCUT2D eigenvalue weighted by atomic mass is 35.5. The van der Waals surface area contributed by atoms with E-state index in [9.17, 15) is 4.79 Å². The summed E-state index contributed by atoms with van der Waals surface area (Å²) in [6.07, 6.45) is 5.09. The Balaban J connectivity index is 1.68. The minimum atomic E-state index is -0.361. The SMILES string of the molecule is CC(C)(C)c1cn(C[C@H]2CCCO2)c(=NC(=O)c2cc(Cl)ccc2OC2CCOC2)s1. The highest BCUT2D eigenvalue weighted by Gasteiger charge is 2.23. The molecule has 1 unspecified atom stereocenters. The lowest BCUT2D eigenvalue weighted by molar-refractivity contribution is 0.0946. The predicted octanol–water partition coefficient (Wildman–Crippen LogP) is 4.59. The molecule has 6 nitrogen and oxygen atoms in total. The number of amides is 1. The van der Waals surface area contributed by atoms with E-state index in [1.807, 2.05) is 0 Å². The van der Waals surface area contributed by atoms with Gasteiger partial charge >= 0.3 is 0 Å². The Bertz CT molecular complexity index is 996. The zero-order chi connectivity index (χ0) is 22.0. The number of halogens is 1. The maximum atomic E-state index is 13.2. The van der Waals surface area contributed by atoms with E-state index in [1.54, 1.807) is 29.5 Å². The lowest BCUT2D eigenvalue weighted by atomic mass is 9.95. The van der Waals surface area contributed by atoms with Crippen LogP contribution in [-0.2, 0) is 21.4 Å². The molecule has 2 aliphatic rings. The maximum absolute atomic E-state index is 13.2. The molecule has 0 saturated carbocycles. The Hall–Kier alpha value is -1.67. The second-order valence-corrected chi connectivity index (χ2v) is 10.5. The normalized spacial score (nSPS) is 22.3. The van der Waals surface area contributed by atoms with E-state index in [4.69, 9.17) is 25.8 Å². The van der Waals surface area contributed by atoms with Crippen LogP contribution in [0.2, 0.25) is 5.02 Å². The number of hydrogen-bond acceptors (Lipinski definition) is 5. The summed E-state index contributed by atoms with van der Waals surface area (Å²) in [5, 5.41) is 0.474. The first-order valence-corrected chi connectivity index (χ1v) is 11.9. The molecule has 1 amide bonds. The molecule has 2 fully saturated rings. The molecule has 0 radical (unpaired) electrons. The molecule has 168 valence electrons. The fourth-order valence-electron chi connectivity index (χ4n) is 3.66. The molecule has 0 spiro atoms. The van der Waals surface area contributed by atoms with Crippen LogP contribution in [0.25, 0.3) is 0 Å². The van der Waals surface area contributed by atoms with E-state index in [0.29, 0.717) is 40.9 Å². The van der Waals surface area contributed by atoms with Crippen LogP contribution in [0.5, 0.6) is 5.75 Å². The highest BCUT2D eigenvalue weighted by molar-refractivity contribution is 7.09. The smallest absolute Gasteiger partial charge is 0.283 e. The summed E-state index contributed by atoms with van der Waals surface area (Å²) < 4.78 is 19.3. The van der Waals surface area contributed by atoms with Crippen molar-refractivity contribution in [3.63, 3.8) is 0 Å². The highest BCUT2D eigenvalue weighted by Crippen LogP contribution is 2.28. The van der Waals surface area contributed by atoms with Gasteiger partial charge in [0, 0.05) is 29.1 Å². The van der Waals surface area contributed by atoms with Crippen LogP contribution in [0.15, 0.2) is 29.4 Å². The third kappa shape index (κ3) is 5.58. The Labute approximate surface area is 191 Å². The number of carbonyl (C=O) groups is 1. The van der Waals surface area contributed by atoms with Crippen molar-refractivity contribution in [2.75, 3.05) is 19.8 Å². The van der Waals surface area contributed by atoms with Gasteiger partial charge in [-0.2, -0.15) is 4.99 Å². The molecule has 2 aliphatic heterocycles. The molecular formula is C23H29ClN2O4S. The van der Waals surface area contributed by atoms with Crippen molar-refractivity contribution in [2.24, 2.45) is 4.99 Å². The first-order chi connectivity index (χ1) is 14.8. The Morgan fingerprint density at radius 3 is 2.84 bits per heavy atom. The topological polar surface area (TPSA) is 62.1 Å². The number of hydrogen-bond donors (Lipinski definition) is 0. The average Bonchev–Trinajstić information content (AvgIpc) is 3.46. The van der Waals surface area contributed by atoms with E-state index in [1.165, 1.54) is 4.88 Å². The molecule has 0 bridgehead atoms. The van der Waals surface area contributed by atoms with Crippen molar-refractivity contribution in [3.8, 4) is 5.75 Å². The average molecular weight is 465 g/mol. The van der Waals surface area contributed by atoms with Crippen molar-refractivity contribution in [3.05, 3.63) is 44.7 Å². The van der Waals surface area contributed by atoms with Gasteiger partial charge < -0.3 is 18.8 Å². The molecule has 3 heterocycles. The summed E-state index contributed by atoms with van der Waals surface area (Å²) in [6, 6.07) is 5.09. The van der Waals surface area contributed by atoms with E-state index in [-0.39, 0.29) is 23.5 Å². The van der Waals surface area contributed by atoms with Crippen LogP contribution in [-0.4, -0.2) is 42.5 Å². The van der Waals surface area contributed by atoms with Crippen LogP contribution in [0.3, 0.4) is 0 Å². The van der Waals surface area contributed by atoms with Crippen molar-refractivity contribution >= 4 is 28.8 Å². The van der Waals surface area contributed by atoms with Crippen LogP contribution in [0.4, 0.5) is 0 Å². The van der Waals surface area contributed by atoms with Crippen molar-refractivity contribution < 1.29 is 19.0 Å². The molecule has 1 aromatic heterocycles. The van der Waals surface area contributed by atoms with Gasteiger partial charge in [0.1, 0.15) is 11.9 Å². The monoisotopic (exact) mass is 464 g/mol. The summed E-state index contributed by atoms with van der Waals surface area (Å²) in [7, 11) is 0. The molecule has 2 saturated heterocycles. The second kappa shape index (κ2) is 9.45. The van der Waals surface area contributed by atoms with E-state index in [0.717, 1.165) is 25.9 Å². The predicted molar refractivity (Wildman–Crippen MR) is 121 cm³/mol. The van der Waals surface area contributed by atoms with E-state index < -0.39 is 0 Å². The lowest BCUT2D eigenvalue weighted by Gasteiger charge is -2.15. The molecule has 0 aliphatic carbocycles. The molecular weight excluding hydrogens is 436 g/mol. The fraction of sp³-hybridized carbons (Fsp3) is 0.565. The number of rotatable bonds is 5. The minimum Gasteiger partial charge on any atom is -0.487 e. The molecule has 1 aromatic carbocycles. The van der Waals surface area contributed by atoms with E-state index >= 15 is 0 Å². The largest absolute Gasteiger partial charge is 0.487 e. The summed E-state index contributed by atoms with van der Waals surface area (Å²) in [6.45, 7) is 9.15. The number of ether oxygens (including phenoxy) is 3. The van der Waals surface area contributed by atoms with Crippen molar-refractivity contribution in [2.45, 2.75) is 64.2 Å². The van der Waals surface area contributed by atoms with Crippen LogP contribution >= 0.6 is 22.9 Å². The molecule has 4 rings (SSSR count). The van der Waals surface area contributed by atoms with Gasteiger partial charge in [-0.3, -0.25) is 4.79 Å². The van der Waals surface area contributed by atoms with Gasteiger partial charge in [-0.25, -0.2) is 0 Å². The fourth-order valence-corrected chi connectivity index (χ4v) is 4.88. The number of nitrogens with zero attached hydrogens (tertiary/aromatic N) is 2. The molecule has 31 heavy (non-hydrogen) atoms. The second-order valence-electron chi connectivity index (χ2n) is 9.08. The zero-order valence-electron chi connectivity index (χ0n) is 18.2. The van der Waals surface area contributed by atoms with Crippen LogP contribution < -0.4 is 9.54 Å². The van der Waals surface area contributed by atoms with Gasteiger partial charge in [0.05, 0.1) is 31.4 Å². The van der Waals surface area contributed by atoms with E-state index in [2.05, 4.69) is 36.5 Å². The zero-order valence-corrected chi connectivity index (χ0v) is 19.8. The molecule has 8 heteroatoms. The molecule has 2 aromatic rings. The van der Waals surface area contributed by atoms with Gasteiger partial charge in [0.2, 0.25) is 0 Å². The first-order valence-electron chi connectivity index (χ1n) is 10.7. The van der Waals surface area contributed by atoms with Gasteiger partial charge in [-0.1, -0.05) is 32.4 Å². The quantitative estimate of drug-likeness (QED) is 0.649. The third-order valence-electron chi connectivity index (χ3n) is 5.43. The first kappa shape index (κ1) is 22.5. The van der Waals surface area contributed by atoms with Crippen molar-refractivity contribution in [1.82, 2.24) is 4.57 Å². The standard InChI is InChI=1S/C23H29ClN2O4S/c1-23(2,3)20-13-26(12-16-5-4-9-29-16)22(31-20)25-21(27)18-11-15(24)6-7-19(18)30-17-8-10-28-14-17/h6-7,11,13,16-17H,4-5,8-10,12,14H2,1-3H3/t16-,17?/m1/s1. The molecule has 2 atom stereocenters. The minimum absolute atomic E-state index is 0.0352. The summed E-state index contributed by atoms with van der Waals surface area (Å²) in [4.78, 5) is 19.6. The Morgan fingerprint density at radius 1 is 1.32 bits per heavy atom. The van der Waals surface area contributed by atoms with Gasteiger partial charge in [-0.05, 0) is 36.5 Å². The van der Waals surface area contributed by atoms with Crippen LogP contribution in [0, 0.1) is 0 Å². The summed E-state index contributed by atoms with van der Waals surface area (Å²) in [5.74, 6) is 0.131. The Kier molecular flexibility index (Phi) is 6.86. The summed E-state index contributed by atoms with van der Waals surface area (Å²) in [5.41, 5.74) is 0.334. The number of carbonyl (C=O) groups excluding carboxylic acids is 1.